The number of aliphatic hydroxyl groups is 1. The number of hydrogen-bond donors (Lipinski definition) is 3. The van der Waals surface area contributed by atoms with E-state index in [9.17, 15) is 9.50 Å². The molecule has 0 aliphatic heterocycles. The minimum atomic E-state index is -0.345. The monoisotopic (exact) mass is 477 g/mol. The number of amidine groups is 1. The Morgan fingerprint density at radius 1 is 0.917 bits per heavy atom. The number of aliphatic imine (C=N–C) groups is 1. The standard InChI is InChI=1S/C31H28FN3O/c1-21(33-18-17-22-11-14-25(32)15-12-22)34-26-16-13-24-19-30(36)31(28(24)20-26)35-29-10-6-5-9-27(29)23-7-3-2-4-8-23/h2-16,19-20,31,35-36H,17-18H2,1H3,(H,33,34). The Morgan fingerprint density at radius 2 is 1.67 bits per heavy atom. The molecule has 4 aromatic rings. The number of benzene rings is 4. The second-order valence-corrected chi connectivity index (χ2v) is 8.87. The molecule has 1 atom stereocenters. The van der Waals surface area contributed by atoms with Crippen molar-refractivity contribution in [1.82, 2.24) is 0 Å². The second kappa shape index (κ2) is 10.5. The molecule has 4 aromatic carbocycles. The van der Waals surface area contributed by atoms with E-state index in [0.717, 1.165) is 51.4 Å². The summed E-state index contributed by atoms with van der Waals surface area (Å²) in [4.78, 5) is 4.61. The van der Waals surface area contributed by atoms with Crippen LogP contribution in [0.1, 0.15) is 29.7 Å². The third-order valence-corrected chi connectivity index (χ3v) is 6.30. The number of halogens is 1. The van der Waals surface area contributed by atoms with E-state index < -0.39 is 0 Å². The zero-order valence-electron chi connectivity index (χ0n) is 20.1. The zero-order chi connectivity index (χ0) is 24.9. The van der Waals surface area contributed by atoms with Crippen LogP contribution >= 0.6 is 0 Å². The van der Waals surface area contributed by atoms with Crippen molar-refractivity contribution in [2.75, 3.05) is 17.2 Å². The van der Waals surface area contributed by atoms with Crippen LogP contribution < -0.4 is 10.6 Å². The molecule has 0 radical (unpaired) electrons. The molecule has 0 aromatic heterocycles. The Balaban J connectivity index is 1.31. The molecule has 0 saturated carbocycles. The highest BCUT2D eigenvalue weighted by molar-refractivity contribution is 5.94. The van der Waals surface area contributed by atoms with Crippen LogP contribution in [0.4, 0.5) is 15.8 Å². The van der Waals surface area contributed by atoms with Gasteiger partial charge in [-0.15, -0.1) is 0 Å². The van der Waals surface area contributed by atoms with Crippen LogP contribution in [0.5, 0.6) is 0 Å². The molecule has 180 valence electrons. The lowest BCUT2D eigenvalue weighted by atomic mass is 10.0. The normalized spacial score (nSPS) is 14.8. The van der Waals surface area contributed by atoms with Gasteiger partial charge in [0.1, 0.15) is 17.6 Å². The summed E-state index contributed by atoms with van der Waals surface area (Å²) in [5.41, 5.74) is 7.10. The van der Waals surface area contributed by atoms with Gasteiger partial charge in [0, 0.05) is 23.5 Å². The van der Waals surface area contributed by atoms with Crippen molar-refractivity contribution < 1.29 is 9.50 Å². The van der Waals surface area contributed by atoms with Gasteiger partial charge in [0.25, 0.3) is 0 Å². The van der Waals surface area contributed by atoms with Crippen molar-refractivity contribution in [1.29, 1.82) is 0 Å². The summed E-state index contributed by atoms with van der Waals surface area (Å²) in [6.45, 7) is 2.54. The van der Waals surface area contributed by atoms with Gasteiger partial charge >= 0.3 is 0 Å². The number of hydrogen-bond acceptors (Lipinski definition) is 3. The van der Waals surface area contributed by atoms with E-state index in [1.165, 1.54) is 12.1 Å². The number of rotatable bonds is 7. The first kappa shape index (κ1) is 23.4. The first-order valence-corrected chi connectivity index (χ1v) is 12.0. The summed E-state index contributed by atoms with van der Waals surface area (Å²) in [5.74, 6) is 0.856. The molecule has 5 heteroatoms. The number of anilines is 2. The number of nitrogens with zero attached hydrogens (tertiary/aromatic N) is 1. The van der Waals surface area contributed by atoms with Gasteiger partial charge in [-0.3, -0.25) is 4.99 Å². The lowest BCUT2D eigenvalue weighted by Gasteiger charge is -2.20. The van der Waals surface area contributed by atoms with E-state index in [0.29, 0.717) is 6.54 Å². The topological polar surface area (TPSA) is 56.7 Å². The Hall–Kier alpha value is -4.38. The number of fused-ring (bicyclic) bond motifs is 1. The summed E-state index contributed by atoms with van der Waals surface area (Å²) in [5, 5.41) is 17.7. The molecule has 4 nitrogen and oxygen atoms in total. The predicted octanol–water partition coefficient (Wildman–Crippen LogP) is 7.63. The quantitative estimate of drug-likeness (QED) is 0.189. The van der Waals surface area contributed by atoms with Crippen LogP contribution in [0.2, 0.25) is 0 Å². The lowest BCUT2D eigenvalue weighted by molar-refractivity contribution is 0.388. The highest BCUT2D eigenvalue weighted by Gasteiger charge is 2.26. The van der Waals surface area contributed by atoms with Crippen LogP contribution in [-0.2, 0) is 6.42 Å². The van der Waals surface area contributed by atoms with Gasteiger partial charge in [0.05, 0.1) is 5.84 Å². The maximum atomic E-state index is 13.1. The SMILES string of the molecule is CC(=NCCc1ccc(F)cc1)Nc1ccc2c(c1)C(Nc1ccccc1-c1ccccc1)C(O)=C2. The van der Waals surface area contributed by atoms with Crippen molar-refractivity contribution in [2.24, 2.45) is 4.99 Å². The average Bonchev–Trinajstić information content (AvgIpc) is 3.20. The van der Waals surface area contributed by atoms with Gasteiger partial charge in [-0.05, 0) is 72.0 Å². The van der Waals surface area contributed by atoms with E-state index in [4.69, 9.17) is 0 Å². The molecule has 3 N–H and O–H groups in total. The van der Waals surface area contributed by atoms with Crippen LogP contribution in [-0.4, -0.2) is 17.5 Å². The summed E-state index contributed by atoms with van der Waals surface area (Å²) in [6.07, 6.45) is 2.56. The highest BCUT2D eigenvalue weighted by atomic mass is 19.1. The number of aliphatic hydroxyl groups excluding tert-OH is 1. The van der Waals surface area contributed by atoms with Gasteiger partial charge in [-0.2, -0.15) is 0 Å². The summed E-state index contributed by atoms with van der Waals surface area (Å²) in [7, 11) is 0. The van der Waals surface area contributed by atoms with E-state index in [1.807, 2.05) is 61.5 Å². The molecule has 0 fully saturated rings. The van der Waals surface area contributed by atoms with Crippen LogP contribution in [0.15, 0.2) is 108 Å². The fourth-order valence-corrected chi connectivity index (χ4v) is 4.47. The van der Waals surface area contributed by atoms with Gasteiger partial charge in [-0.1, -0.05) is 66.7 Å². The van der Waals surface area contributed by atoms with Crippen molar-refractivity contribution in [3.05, 3.63) is 125 Å². The first-order chi connectivity index (χ1) is 17.6. The Labute approximate surface area is 210 Å². The van der Waals surface area contributed by atoms with E-state index in [-0.39, 0.29) is 17.6 Å². The van der Waals surface area contributed by atoms with Gasteiger partial charge in [-0.25, -0.2) is 4.39 Å². The number of para-hydroxylation sites is 1. The van der Waals surface area contributed by atoms with Gasteiger partial charge in [0.15, 0.2) is 0 Å². The minimum absolute atomic E-state index is 0.228. The summed E-state index contributed by atoms with van der Waals surface area (Å²) < 4.78 is 13.1. The van der Waals surface area contributed by atoms with Crippen molar-refractivity contribution in [3.8, 4) is 11.1 Å². The Kier molecular flexibility index (Phi) is 6.80. The summed E-state index contributed by atoms with van der Waals surface area (Å²) >= 11 is 0. The van der Waals surface area contributed by atoms with Crippen LogP contribution in [0.25, 0.3) is 17.2 Å². The molecular formula is C31H28FN3O. The van der Waals surface area contributed by atoms with Crippen molar-refractivity contribution in [3.63, 3.8) is 0 Å². The van der Waals surface area contributed by atoms with Crippen LogP contribution in [0.3, 0.4) is 0 Å². The molecule has 0 amide bonds. The fraction of sp³-hybridized carbons (Fsp3) is 0.129. The zero-order valence-corrected chi connectivity index (χ0v) is 20.1. The summed E-state index contributed by atoms with van der Waals surface area (Å²) in [6, 6.07) is 30.6. The molecule has 1 aliphatic carbocycles. The molecule has 5 rings (SSSR count). The third kappa shape index (κ3) is 5.31. The van der Waals surface area contributed by atoms with E-state index >= 15 is 0 Å². The predicted molar refractivity (Wildman–Crippen MR) is 147 cm³/mol. The average molecular weight is 478 g/mol. The number of nitrogens with one attached hydrogen (secondary N) is 2. The van der Waals surface area contributed by atoms with Crippen LogP contribution in [0, 0.1) is 5.82 Å². The molecule has 0 bridgehead atoms. The van der Waals surface area contributed by atoms with Gasteiger partial charge in [0.2, 0.25) is 0 Å². The minimum Gasteiger partial charge on any atom is -0.510 e. The molecular weight excluding hydrogens is 449 g/mol. The second-order valence-electron chi connectivity index (χ2n) is 8.87. The van der Waals surface area contributed by atoms with E-state index in [1.54, 1.807) is 12.1 Å². The molecule has 36 heavy (non-hydrogen) atoms. The highest BCUT2D eigenvalue weighted by Crippen LogP contribution is 2.39. The fourth-order valence-electron chi connectivity index (χ4n) is 4.47. The molecule has 0 saturated heterocycles. The van der Waals surface area contributed by atoms with Crippen molar-refractivity contribution in [2.45, 2.75) is 19.4 Å². The lowest BCUT2D eigenvalue weighted by Crippen LogP contribution is -2.13. The maximum Gasteiger partial charge on any atom is 0.123 e. The Bertz CT molecular complexity index is 1410. The molecule has 0 spiro atoms. The molecule has 0 heterocycles. The third-order valence-electron chi connectivity index (χ3n) is 6.30. The van der Waals surface area contributed by atoms with Gasteiger partial charge < -0.3 is 15.7 Å². The van der Waals surface area contributed by atoms with E-state index in [2.05, 4.69) is 39.9 Å². The first-order valence-electron chi connectivity index (χ1n) is 12.0. The van der Waals surface area contributed by atoms with Crippen molar-refractivity contribution >= 4 is 23.3 Å². The Morgan fingerprint density at radius 3 is 2.47 bits per heavy atom. The largest absolute Gasteiger partial charge is 0.510 e. The smallest absolute Gasteiger partial charge is 0.123 e. The molecule has 1 aliphatic rings. The molecule has 1 unspecified atom stereocenters. The maximum absolute atomic E-state index is 13.1.